The minimum Gasteiger partial charge on any atom is -0.383 e. The number of nitrogen functional groups attached to an aromatic ring is 1. The molecule has 120 valence electrons. The highest BCUT2D eigenvalue weighted by atomic mass is 16.2. The SMILES string of the molecule is CNc1cc(-c2cnc(N)c(C(=O)N3CCCCC3)c2)ccn1. The van der Waals surface area contributed by atoms with Crippen LogP contribution in [-0.4, -0.2) is 40.9 Å². The van der Waals surface area contributed by atoms with Crippen molar-refractivity contribution in [2.45, 2.75) is 19.3 Å². The van der Waals surface area contributed by atoms with Crippen molar-refractivity contribution in [2.75, 3.05) is 31.2 Å². The summed E-state index contributed by atoms with van der Waals surface area (Å²) in [5.74, 6) is 1.02. The summed E-state index contributed by atoms with van der Waals surface area (Å²) in [6.45, 7) is 1.59. The lowest BCUT2D eigenvalue weighted by molar-refractivity contribution is 0.0725. The Morgan fingerprint density at radius 3 is 2.70 bits per heavy atom. The number of piperidine rings is 1. The number of carbonyl (C=O) groups is 1. The Hall–Kier alpha value is -2.63. The molecule has 6 nitrogen and oxygen atoms in total. The van der Waals surface area contributed by atoms with Crippen molar-refractivity contribution < 1.29 is 4.79 Å². The van der Waals surface area contributed by atoms with Crippen LogP contribution >= 0.6 is 0 Å². The zero-order chi connectivity index (χ0) is 16.2. The van der Waals surface area contributed by atoms with E-state index < -0.39 is 0 Å². The van der Waals surface area contributed by atoms with Gasteiger partial charge in [-0.2, -0.15) is 0 Å². The van der Waals surface area contributed by atoms with Crippen molar-refractivity contribution in [2.24, 2.45) is 0 Å². The summed E-state index contributed by atoms with van der Waals surface area (Å²) in [7, 11) is 1.82. The zero-order valence-electron chi connectivity index (χ0n) is 13.2. The van der Waals surface area contributed by atoms with Crippen LogP contribution in [0.15, 0.2) is 30.6 Å². The molecule has 0 unspecified atom stereocenters. The van der Waals surface area contributed by atoms with Crippen LogP contribution in [0, 0.1) is 0 Å². The molecule has 23 heavy (non-hydrogen) atoms. The normalized spacial score (nSPS) is 14.6. The van der Waals surface area contributed by atoms with Gasteiger partial charge in [0.25, 0.3) is 5.91 Å². The maximum absolute atomic E-state index is 12.7. The average Bonchev–Trinajstić information content (AvgIpc) is 2.62. The third kappa shape index (κ3) is 3.26. The first-order chi connectivity index (χ1) is 11.2. The molecule has 0 radical (unpaired) electrons. The number of nitrogens with one attached hydrogen (secondary N) is 1. The van der Waals surface area contributed by atoms with Crippen LogP contribution in [0.25, 0.3) is 11.1 Å². The van der Waals surface area contributed by atoms with Crippen molar-refractivity contribution >= 4 is 17.5 Å². The molecule has 3 rings (SSSR count). The second-order valence-electron chi connectivity index (χ2n) is 5.69. The Morgan fingerprint density at radius 2 is 1.96 bits per heavy atom. The third-order valence-corrected chi connectivity index (χ3v) is 4.14. The van der Waals surface area contributed by atoms with Gasteiger partial charge in [0.05, 0.1) is 5.56 Å². The Morgan fingerprint density at radius 1 is 1.17 bits per heavy atom. The van der Waals surface area contributed by atoms with Crippen molar-refractivity contribution in [1.29, 1.82) is 0 Å². The van der Waals surface area contributed by atoms with Gasteiger partial charge in [0.2, 0.25) is 0 Å². The smallest absolute Gasteiger partial charge is 0.257 e. The number of aromatic nitrogens is 2. The van der Waals surface area contributed by atoms with E-state index in [0.717, 1.165) is 42.9 Å². The van der Waals surface area contributed by atoms with E-state index in [4.69, 9.17) is 5.73 Å². The van der Waals surface area contributed by atoms with Crippen LogP contribution in [-0.2, 0) is 0 Å². The van der Waals surface area contributed by atoms with Gasteiger partial charge in [0.1, 0.15) is 11.6 Å². The predicted octanol–water partition coefficient (Wildman–Crippen LogP) is 2.39. The van der Waals surface area contributed by atoms with Crippen LogP contribution in [0.2, 0.25) is 0 Å². The second-order valence-corrected chi connectivity index (χ2v) is 5.69. The number of anilines is 2. The first-order valence-corrected chi connectivity index (χ1v) is 7.88. The quantitative estimate of drug-likeness (QED) is 0.909. The van der Waals surface area contributed by atoms with E-state index in [1.54, 1.807) is 12.4 Å². The molecule has 1 amide bonds. The van der Waals surface area contributed by atoms with E-state index in [2.05, 4.69) is 15.3 Å². The van der Waals surface area contributed by atoms with Gasteiger partial charge in [-0.05, 0) is 43.0 Å². The first-order valence-electron chi connectivity index (χ1n) is 7.88. The van der Waals surface area contributed by atoms with Gasteiger partial charge >= 0.3 is 0 Å². The summed E-state index contributed by atoms with van der Waals surface area (Å²) in [5, 5.41) is 3.01. The molecule has 1 saturated heterocycles. The number of hydrogen-bond acceptors (Lipinski definition) is 5. The lowest BCUT2D eigenvalue weighted by Gasteiger charge is -2.27. The van der Waals surface area contributed by atoms with E-state index in [0.29, 0.717) is 5.56 Å². The van der Waals surface area contributed by atoms with Gasteiger partial charge in [-0.25, -0.2) is 9.97 Å². The van der Waals surface area contributed by atoms with Crippen molar-refractivity contribution in [3.05, 3.63) is 36.2 Å². The molecule has 0 atom stereocenters. The van der Waals surface area contributed by atoms with Gasteiger partial charge in [0, 0.05) is 38.1 Å². The summed E-state index contributed by atoms with van der Waals surface area (Å²) in [6.07, 6.45) is 6.70. The number of likely N-dealkylation sites (tertiary alicyclic amines) is 1. The summed E-state index contributed by atoms with van der Waals surface area (Å²) >= 11 is 0. The second kappa shape index (κ2) is 6.64. The summed E-state index contributed by atoms with van der Waals surface area (Å²) < 4.78 is 0. The van der Waals surface area contributed by atoms with Gasteiger partial charge in [-0.15, -0.1) is 0 Å². The highest BCUT2D eigenvalue weighted by Gasteiger charge is 2.21. The average molecular weight is 311 g/mol. The summed E-state index contributed by atoms with van der Waals surface area (Å²) in [5.41, 5.74) is 8.24. The molecule has 2 aromatic heterocycles. The van der Waals surface area contributed by atoms with Crippen LogP contribution < -0.4 is 11.1 Å². The number of hydrogen-bond donors (Lipinski definition) is 2. The van der Waals surface area contributed by atoms with Gasteiger partial charge in [-0.3, -0.25) is 4.79 Å². The van der Waals surface area contributed by atoms with Crippen molar-refractivity contribution in [3.63, 3.8) is 0 Å². The Kier molecular flexibility index (Phi) is 4.41. The Labute approximate surface area is 135 Å². The third-order valence-electron chi connectivity index (χ3n) is 4.14. The molecule has 3 heterocycles. The maximum atomic E-state index is 12.7. The summed E-state index contributed by atoms with van der Waals surface area (Å²) in [4.78, 5) is 23.0. The monoisotopic (exact) mass is 311 g/mol. The van der Waals surface area contributed by atoms with E-state index in [1.165, 1.54) is 6.42 Å². The molecule has 1 aliphatic heterocycles. The predicted molar refractivity (Wildman–Crippen MR) is 91.2 cm³/mol. The lowest BCUT2D eigenvalue weighted by atomic mass is 10.0. The molecule has 1 aliphatic rings. The van der Waals surface area contributed by atoms with Gasteiger partial charge < -0.3 is 16.0 Å². The molecule has 0 bridgehead atoms. The standard InChI is InChI=1S/C17H21N5O/c1-19-15-10-12(5-6-20-15)13-9-14(16(18)21-11-13)17(23)22-7-3-2-4-8-22/h5-6,9-11H,2-4,7-8H2,1H3,(H2,18,21)(H,19,20). The number of rotatable bonds is 3. The van der Waals surface area contributed by atoms with Crippen LogP contribution in [0.1, 0.15) is 29.6 Å². The van der Waals surface area contributed by atoms with Crippen molar-refractivity contribution in [1.82, 2.24) is 14.9 Å². The number of nitrogens with two attached hydrogens (primary N) is 1. The van der Waals surface area contributed by atoms with E-state index in [1.807, 2.05) is 30.1 Å². The van der Waals surface area contributed by atoms with Gasteiger partial charge in [0.15, 0.2) is 0 Å². The fraction of sp³-hybridized carbons (Fsp3) is 0.353. The Balaban J connectivity index is 1.93. The van der Waals surface area contributed by atoms with Crippen LogP contribution in [0.5, 0.6) is 0 Å². The fourth-order valence-electron chi connectivity index (χ4n) is 2.82. The number of pyridine rings is 2. The molecule has 3 N–H and O–H groups in total. The highest BCUT2D eigenvalue weighted by molar-refractivity contribution is 5.99. The fourth-order valence-corrected chi connectivity index (χ4v) is 2.82. The molecule has 0 aliphatic carbocycles. The number of amides is 1. The number of nitrogens with zero attached hydrogens (tertiary/aromatic N) is 3. The maximum Gasteiger partial charge on any atom is 0.257 e. The molecule has 1 fully saturated rings. The van der Waals surface area contributed by atoms with E-state index >= 15 is 0 Å². The first kappa shape index (κ1) is 15.3. The summed E-state index contributed by atoms with van der Waals surface area (Å²) in [6, 6.07) is 5.64. The van der Waals surface area contributed by atoms with E-state index in [9.17, 15) is 4.79 Å². The molecular formula is C17H21N5O. The Bertz CT molecular complexity index is 710. The molecule has 6 heteroatoms. The van der Waals surface area contributed by atoms with Crippen LogP contribution in [0.3, 0.4) is 0 Å². The topological polar surface area (TPSA) is 84.1 Å². The van der Waals surface area contributed by atoms with E-state index in [-0.39, 0.29) is 11.7 Å². The molecule has 2 aromatic rings. The minimum absolute atomic E-state index is 0.0283. The van der Waals surface area contributed by atoms with Crippen LogP contribution in [0.4, 0.5) is 11.6 Å². The zero-order valence-corrected chi connectivity index (χ0v) is 13.2. The molecule has 0 saturated carbocycles. The number of carbonyl (C=O) groups excluding carboxylic acids is 1. The lowest BCUT2D eigenvalue weighted by Crippen LogP contribution is -2.36. The molecular weight excluding hydrogens is 290 g/mol. The van der Waals surface area contributed by atoms with Gasteiger partial charge in [-0.1, -0.05) is 0 Å². The largest absolute Gasteiger partial charge is 0.383 e. The van der Waals surface area contributed by atoms with Crippen molar-refractivity contribution in [3.8, 4) is 11.1 Å². The highest BCUT2D eigenvalue weighted by Crippen LogP contribution is 2.25. The minimum atomic E-state index is -0.0283. The molecule has 0 aromatic carbocycles. The molecule has 0 spiro atoms.